The molecule has 0 aliphatic rings. The van der Waals surface area contributed by atoms with E-state index in [1.807, 2.05) is 0 Å². The van der Waals surface area contributed by atoms with Crippen LogP contribution in [0.1, 0.15) is 44.6 Å². The number of aryl methyl sites for hydroxylation is 1. The number of ketones is 1. The van der Waals surface area contributed by atoms with E-state index in [9.17, 15) is 14.4 Å². The third-order valence-electron chi connectivity index (χ3n) is 4.38. The molecule has 3 aromatic heterocycles. The van der Waals surface area contributed by atoms with Gasteiger partial charge in [-0.05, 0) is 37.6 Å². The SMILES string of the molecule is COc1cc(C)[nH]c(=O)c1CNC(=O)c1c(C)c(C(C)=O)n2ncccc12. The topological polar surface area (TPSA) is 106 Å². The molecule has 0 fully saturated rings. The Hall–Kier alpha value is -3.42. The van der Waals surface area contributed by atoms with Gasteiger partial charge in [-0.25, -0.2) is 4.52 Å². The number of nitrogens with zero attached hydrogens (tertiary/aromatic N) is 2. The molecule has 3 rings (SSSR count). The molecule has 0 atom stereocenters. The van der Waals surface area contributed by atoms with Crippen molar-refractivity contribution in [3.05, 3.63) is 62.8 Å². The van der Waals surface area contributed by atoms with Gasteiger partial charge in [0.1, 0.15) is 11.4 Å². The highest BCUT2D eigenvalue weighted by molar-refractivity contribution is 6.07. The molecule has 0 saturated carbocycles. The highest BCUT2D eigenvalue weighted by Gasteiger charge is 2.23. The largest absolute Gasteiger partial charge is 0.496 e. The van der Waals surface area contributed by atoms with Gasteiger partial charge < -0.3 is 15.0 Å². The summed E-state index contributed by atoms with van der Waals surface area (Å²) in [6, 6.07) is 5.11. The monoisotopic (exact) mass is 368 g/mol. The predicted octanol–water partition coefficient (Wildman–Crippen LogP) is 1.78. The minimum Gasteiger partial charge on any atom is -0.496 e. The quantitative estimate of drug-likeness (QED) is 0.668. The van der Waals surface area contributed by atoms with Crippen molar-refractivity contribution in [2.24, 2.45) is 0 Å². The van der Waals surface area contributed by atoms with Crippen LogP contribution in [0.3, 0.4) is 0 Å². The molecule has 0 aliphatic heterocycles. The summed E-state index contributed by atoms with van der Waals surface area (Å²) < 4.78 is 6.71. The van der Waals surface area contributed by atoms with Gasteiger partial charge in [-0.1, -0.05) is 0 Å². The molecule has 0 aliphatic carbocycles. The van der Waals surface area contributed by atoms with Crippen LogP contribution in [0.2, 0.25) is 0 Å². The van der Waals surface area contributed by atoms with Crippen molar-refractivity contribution in [1.82, 2.24) is 19.9 Å². The van der Waals surface area contributed by atoms with E-state index < -0.39 is 5.91 Å². The first-order chi connectivity index (χ1) is 12.8. The number of carbonyl (C=O) groups excluding carboxylic acids is 2. The van der Waals surface area contributed by atoms with E-state index in [0.29, 0.717) is 39.3 Å². The fourth-order valence-electron chi connectivity index (χ4n) is 3.20. The molecular weight excluding hydrogens is 348 g/mol. The number of methoxy groups -OCH3 is 1. The van der Waals surface area contributed by atoms with Crippen LogP contribution in [-0.2, 0) is 6.54 Å². The van der Waals surface area contributed by atoms with Gasteiger partial charge in [0, 0.05) is 18.8 Å². The lowest BCUT2D eigenvalue weighted by atomic mass is 10.1. The van der Waals surface area contributed by atoms with Gasteiger partial charge in [-0.2, -0.15) is 5.10 Å². The number of fused-ring (bicyclic) bond motifs is 1. The lowest BCUT2D eigenvalue weighted by Gasteiger charge is -2.10. The summed E-state index contributed by atoms with van der Waals surface area (Å²) in [4.78, 5) is 39.7. The van der Waals surface area contributed by atoms with E-state index in [1.54, 1.807) is 38.2 Å². The van der Waals surface area contributed by atoms with Gasteiger partial charge in [-0.3, -0.25) is 14.4 Å². The van der Waals surface area contributed by atoms with Crippen molar-refractivity contribution in [1.29, 1.82) is 0 Å². The Bertz CT molecular complexity index is 1110. The lowest BCUT2D eigenvalue weighted by molar-refractivity contribution is 0.0951. The molecule has 1 amide bonds. The van der Waals surface area contributed by atoms with Crippen LogP contribution in [0, 0.1) is 13.8 Å². The van der Waals surface area contributed by atoms with E-state index in [4.69, 9.17) is 4.74 Å². The fraction of sp³-hybridized carbons (Fsp3) is 0.263. The molecule has 0 spiro atoms. The van der Waals surface area contributed by atoms with E-state index >= 15 is 0 Å². The van der Waals surface area contributed by atoms with Crippen molar-refractivity contribution >= 4 is 17.2 Å². The molecule has 0 unspecified atom stereocenters. The fourth-order valence-corrected chi connectivity index (χ4v) is 3.20. The molecule has 0 saturated heterocycles. The second-order valence-corrected chi connectivity index (χ2v) is 6.24. The zero-order chi connectivity index (χ0) is 19.7. The number of hydrogen-bond acceptors (Lipinski definition) is 5. The van der Waals surface area contributed by atoms with E-state index in [0.717, 1.165) is 0 Å². The Balaban J connectivity index is 1.98. The standard InChI is InChI=1S/C19H20N4O4/c1-10-8-15(27-4)13(18(25)22-10)9-20-19(26)16-11(2)17(12(3)24)23-14(16)6-5-7-21-23/h5-8H,9H2,1-4H3,(H,20,26)(H,22,25). The van der Waals surface area contributed by atoms with Crippen LogP contribution < -0.4 is 15.6 Å². The van der Waals surface area contributed by atoms with E-state index in [1.165, 1.54) is 18.5 Å². The summed E-state index contributed by atoms with van der Waals surface area (Å²) in [7, 11) is 1.47. The van der Waals surface area contributed by atoms with Gasteiger partial charge in [0.2, 0.25) is 0 Å². The highest BCUT2D eigenvalue weighted by Crippen LogP contribution is 2.23. The third kappa shape index (κ3) is 3.21. The molecule has 3 aromatic rings. The van der Waals surface area contributed by atoms with Crippen molar-refractivity contribution in [3.8, 4) is 5.75 Å². The van der Waals surface area contributed by atoms with Crippen LogP contribution in [0.25, 0.3) is 5.52 Å². The number of nitrogens with one attached hydrogen (secondary N) is 2. The Kier molecular flexibility index (Phi) is 4.81. The maximum atomic E-state index is 12.9. The average molecular weight is 368 g/mol. The number of aromatic amines is 1. The van der Waals surface area contributed by atoms with Gasteiger partial charge >= 0.3 is 0 Å². The molecule has 2 N–H and O–H groups in total. The summed E-state index contributed by atoms with van der Waals surface area (Å²) in [5, 5.41) is 6.92. The number of ether oxygens (including phenoxy) is 1. The van der Waals surface area contributed by atoms with Gasteiger partial charge in [-0.15, -0.1) is 0 Å². The summed E-state index contributed by atoms with van der Waals surface area (Å²) >= 11 is 0. The number of hydrogen-bond donors (Lipinski definition) is 2. The number of amides is 1. The first-order valence-electron chi connectivity index (χ1n) is 8.37. The lowest BCUT2D eigenvalue weighted by Crippen LogP contribution is -2.28. The molecule has 0 radical (unpaired) electrons. The number of H-pyrrole nitrogens is 1. The molecule has 0 bridgehead atoms. The van der Waals surface area contributed by atoms with E-state index in [2.05, 4.69) is 15.4 Å². The Morgan fingerprint density at radius 1 is 1.33 bits per heavy atom. The number of Topliss-reactive ketones (excluding diaryl/α,β-unsaturated/α-hetero) is 1. The zero-order valence-corrected chi connectivity index (χ0v) is 15.5. The maximum Gasteiger partial charge on any atom is 0.256 e. The molecular formula is C19H20N4O4. The number of rotatable bonds is 5. The highest BCUT2D eigenvalue weighted by atomic mass is 16.5. The average Bonchev–Trinajstić information content (AvgIpc) is 2.92. The smallest absolute Gasteiger partial charge is 0.256 e. The molecule has 3 heterocycles. The first-order valence-corrected chi connectivity index (χ1v) is 8.37. The Morgan fingerprint density at radius 3 is 2.74 bits per heavy atom. The molecule has 140 valence electrons. The van der Waals surface area contributed by atoms with Crippen LogP contribution in [0.4, 0.5) is 0 Å². The first kappa shape index (κ1) is 18.4. The summed E-state index contributed by atoms with van der Waals surface area (Å²) in [6.07, 6.45) is 1.55. The summed E-state index contributed by atoms with van der Waals surface area (Å²) in [5.41, 5.74) is 2.46. The Labute approximate surface area is 155 Å². The number of carbonyl (C=O) groups is 2. The predicted molar refractivity (Wildman–Crippen MR) is 99.5 cm³/mol. The van der Waals surface area contributed by atoms with Crippen molar-refractivity contribution in [3.63, 3.8) is 0 Å². The van der Waals surface area contributed by atoms with Crippen LogP contribution in [0.5, 0.6) is 5.75 Å². The minimum atomic E-state index is -0.396. The Morgan fingerprint density at radius 2 is 2.07 bits per heavy atom. The van der Waals surface area contributed by atoms with Gasteiger partial charge in [0.15, 0.2) is 5.78 Å². The number of pyridine rings is 1. The summed E-state index contributed by atoms with van der Waals surface area (Å²) in [5.74, 6) is -0.175. The van der Waals surface area contributed by atoms with Crippen LogP contribution in [0.15, 0.2) is 29.2 Å². The zero-order valence-electron chi connectivity index (χ0n) is 15.5. The van der Waals surface area contributed by atoms with Gasteiger partial charge in [0.25, 0.3) is 11.5 Å². The minimum absolute atomic E-state index is 0.00985. The summed E-state index contributed by atoms with van der Waals surface area (Å²) in [6.45, 7) is 4.88. The molecule has 0 aromatic carbocycles. The van der Waals surface area contributed by atoms with Crippen molar-refractivity contribution < 1.29 is 14.3 Å². The second kappa shape index (κ2) is 7.06. The van der Waals surface area contributed by atoms with Gasteiger partial charge in [0.05, 0.1) is 30.3 Å². The third-order valence-corrected chi connectivity index (χ3v) is 4.38. The number of aromatic nitrogens is 3. The molecule has 27 heavy (non-hydrogen) atoms. The van der Waals surface area contributed by atoms with Crippen molar-refractivity contribution in [2.45, 2.75) is 27.3 Å². The maximum absolute atomic E-state index is 12.9. The van der Waals surface area contributed by atoms with Crippen molar-refractivity contribution in [2.75, 3.05) is 7.11 Å². The van der Waals surface area contributed by atoms with Crippen LogP contribution in [-0.4, -0.2) is 33.4 Å². The molecule has 8 heteroatoms. The normalized spacial score (nSPS) is 10.8. The molecule has 8 nitrogen and oxygen atoms in total. The van der Waals surface area contributed by atoms with Crippen LogP contribution >= 0.6 is 0 Å². The second-order valence-electron chi connectivity index (χ2n) is 6.24. The van der Waals surface area contributed by atoms with E-state index in [-0.39, 0.29) is 17.9 Å².